The monoisotopic (exact) mass is 249 g/mol. The summed E-state index contributed by atoms with van der Waals surface area (Å²) in [5, 5.41) is 17.6. The summed E-state index contributed by atoms with van der Waals surface area (Å²) in [6.45, 7) is 5.65. The molecule has 1 fully saturated rings. The van der Waals surface area contributed by atoms with Gasteiger partial charge >= 0.3 is 0 Å². The first kappa shape index (κ1) is 12.8. The van der Waals surface area contributed by atoms with Crippen molar-refractivity contribution in [3.05, 3.63) is 33.4 Å². The van der Waals surface area contributed by atoms with Crippen LogP contribution in [0.25, 0.3) is 0 Å². The summed E-state index contributed by atoms with van der Waals surface area (Å²) in [6, 6.07) is 3.92. The molecule has 2 rings (SSSR count). The van der Waals surface area contributed by atoms with Gasteiger partial charge in [0.15, 0.2) is 0 Å². The Bertz CT molecular complexity index is 454. The third-order valence-corrected chi connectivity index (χ3v) is 3.51. The van der Waals surface area contributed by atoms with E-state index in [4.69, 9.17) is 0 Å². The summed E-state index contributed by atoms with van der Waals surface area (Å²) in [5.74, 6) is 0. The molecule has 0 aromatic heterocycles. The highest BCUT2D eigenvalue weighted by Crippen LogP contribution is 2.28. The van der Waals surface area contributed by atoms with E-state index in [1.165, 1.54) is 6.42 Å². The molecule has 0 amide bonds. The molecule has 0 spiro atoms. The minimum Gasteiger partial charge on any atom is -0.378 e. The van der Waals surface area contributed by atoms with Gasteiger partial charge in [-0.3, -0.25) is 10.1 Å². The number of nitro benzene ring substituents is 1. The van der Waals surface area contributed by atoms with E-state index >= 15 is 0 Å². The zero-order chi connectivity index (χ0) is 13.1. The Morgan fingerprint density at radius 2 is 2.17 bits per heavy atom. The van der Waals surface area contributed by atoms with Crippen LogP contribution in [-0.2, 0) is 0 Å². The zero-order valence-electron chi connectivity index (χ0n) is 10.8. The minimum atomic E-state index is -0.323. The smallest absolute Gasteiger partial charge is 0.292 e. The molecule has 1 atom stereocenters. The fourth-order valence-electron chi connectivity index (χ4n) is 2.26. The van der Waals surface area contributed by atoms with Gasteiger partial charge in [-0.15, -0.1) is 0 Å². The number of nitro groups is 1. The normalized spacial score (nSPS) is 18.9. The molecule has 1 unspecified atom stereocenters. The van der Waals surface area contributed by atoms with Crippen LogP contribution in [0.5, 0.6) is 0 Å². The second kappa shape index (κ2) is 5.35. The maximum absolute atomic E-state index is 11.0. The first-order chi connectivity index (χ1) is 8.58. The van der Waals surface area contributed by atoms with Gasteiger partial charge in [0.2, 0.25) is 0 Å². The highest BCUT2D eigenvalue weighted by Gasteiger charge is 2.18. The van der Waals surface area contributed by atoms with Gasteiger partial charge in [0.1, 0.15) is 5.69 Å². The zero-order valence-corrected chi connectivity index (χ0v) is 10.8. The van der Waals surface area contributed by atoms with Gasteiger partial charge in [-0.25, -0.2) is 0 Å². The Morgan fingerprint density at radius 1 is 1.44 bits per heavy atom. The molecule has 1 aliphatic heterocycles. The summed E-state index contributed by atoms with van der Waals surface area (Å²) < 4.78 is 0. The molecule has 98 valence electrons. The van der Waals surface area contributed by atoms with Gasteiger partial charge in [0.25, 0.3) is 5.69 Å². The topological polar surface area (TPSA) is 67.2 Å². The van der Waals surface area contributed by atoms with E-state index in [1.807, 2.05) is 19.9 Å². The van der Waals surface area contributed by atoms with Crippen molar-refractivity contribution in [3.8, 4) is 0 Å². The first-order valence-corrected chi connectivity index (χ1v) is 6.31. The molecule has 0 saturated carbocycles. The van der Waals surface area contributed by atoms with E-state index in [9.17, 15) is 10.1 Å². The summed E-state index contributed by atoms with van der Waals surface area (Å²) >= 11 is 0. The van der Waals surface area contributed by atoms with Crippen LogP contribution in [0.4, 0.5) is 11.4 Å². The molecule has 1 aromatic carbocycles. The van der Waals surface area contributed by atoms with Crippen molar-refractivity contribution < 1.29 is 4.92 Å². The maximum atomic E-state index is 11.0. The van der Waals surface area contributed by atoms with Crippen LogP contribution in [0.1, 0.15) is 24.0 Å². The average molecular weight is 249 g/mol. The van der Waals surface area contributed by atoms with Crippen LogP contribution < -0.4 is 10.6 Å². The third-order valence-electron chi connectivity index (χ3n) is 3.51. The lowest BCUT2D eigenvalue weighted by molar-refractivity contribution is -0.384. The van der Waals surface area contributed by atoms with E-state index < -0.39 is 0 Å². The summed E-state index contributed by atoms with van der Waals surface area (Å²) in [5.41, 5.74) is 2.81. The van der Waals surface area contributed by atoms with Crippen LogP contribution in [-0.4, -0.2) is 24.1 Å². The van der Waals surface area contributed by atoms with Crippen LogP contribution >= 0.6 is 0 Å². The molecule has 2 N–H and O–H groups in total. The maximum Gasteiger partial charge on any atom is 0.292 e. The van der Waals surface area contributed by atoms with Gasteiger partial charge in [0, 0.05) is 18.7 Å². The summed E-state index contributed by atoms with van der Waals surface area (Å²) in [4.78, 5) is 10.7. The van der Waals surface area contributed by atoms with Gasteiger partial charge in [-0.05, 0) is 50.4 Å². The molecular formula is C13H19N3O2. The van der Waals surface area contributed by atoms with Gasteiger partial charge in [-0.2, -0.15) is 0 Å². The van der Waals surface area contributed by atoms with Crippen molar-refractivity contribution in [1.29, 1.82) is 0 Å². The second-order valence-corrected chi connectivity index (χ2v) is 4.88. The number of hydrogen-bond donors (Lipinski definition) is 2. The van der Waals surface area contributed by atoms with Gasteiger partial charge < -0.3 is 10.6 Å². The molecule has 0 aliphatic carbocycles. The lowest BCUT2D eigenvalue weighted by Gasteiger charge is -2.14. The van der Waals surface area contributed by atoms with Crippen LogP contribution in [0.15, 0.2) is 12.1 Å². The molecule has 1 aromatic rings. The summed E-state index contributed by atoms with van der Waals surface area (Å²) in [6.07, 6.45) is 2.31. The van der Waals surface area contributed by atoms with Crippen molar-refractivity contribution in [3.63, 3.8) is 0 Å². The van der Waals surface area contributed by atoms with Gasteiger partial charge in [-0.1, -0.05) is 0 Å². The van der Waals surface area contributed by atoms with Gasteiger partial charge in [0.05, 0.1) is 4.92 Å². The van der Waals surface area contributed by atoms with Crippen molar-refractivity contribution in [2.45, 2.75) is 32.7 Å². The highest BCUT2D eigenvalue weighted by molar-refractivity contribution is 5.64. The Kier molecular flexibility index (Phi) is 3.81. The SMILES string of the molecule is Cc1cc(NCC2CCCN2)c([N+](=O)[O-])cc1C. The molecule has 18 heavy (non-hydrogen) atoms. The highest BCUT2D eigenvalue weighted by atomic mass is 16.6. The average Bonchev–Trinajstić information content (AvgIpc) is 2.83. The van der Waals surface area contributed by atoms with Crippen molar-refractivity contribution in [2.75, 3.05) is 18.4 Å². The Morgan fingerprint density at radius 3 is 2.78 bits per heavy atom. The molecule has 5 nitrogen and oxygen atoms in total. The first-order valence-electron chi connectivity index (χ1n) is 6.31. The second-order valence-electron chi connectivity index (χ2n) is 4.88. The van der Waals surface area contributed by atoms with Crippen molar-refractivity contribution in [2.24, 2.45) is 0 Å². The fourth-order valence-corrected chi connectivity index (χ4v) is 2.26. The van der Waals surface area contributed by atoms with Crippen molar-refractivity contribution in [1.82, 2.24) is 5.32 Å². The van der Waals surface area contributed by atoms with E-state index in [0.717, 1.165) is 30.6 Å². The Balaban J connectivity index is 2.14. The van der Waals surface area contributed by atoms with Crippen molar-refractivity contribution >= 4 is 11.4 Å². The predicted octanol–water partition coefficient (Wildman–Crippen LogP) is 2.38. The molecular weight excluding hydrogens is 230 g/mol. The van der Waals surface area contributed by atoms with E-state index in [-0.39, 0.29) is 10.6 Å². The predicted molar refractivity (Wildman–Crippen MR) is 72.1 cm³/mol. The molecule has 0 bridgehead atoms. The number of aryl methyl sites for hydroxylation is 2. The van der Waals surface area contributed by atoms with E-state index in [0.29, 0.717) is 11.7 Å². The molecule has 1 heterocycles. The molecule has 5 heteroatoms. The number of hydrogen-bond acceptors (Lipinski definition) is 4. The number of nitrogens with zero attached hydrogens (tertiary/aromatic N) is 1. The standard InChI is InChI=1S/C13H19N3O2/c1-9-6-12(13(16(17)18)7-10(9)2)15-8-11-4-3-5-14-11/h6-7,11,14-15H,3-5,8H2,1-2H3. The Hall–Kier alpha value is -1.62. The number of rotatable bonds is 4. The Labute approximate surface area is 107 Å². The lowest BCUT2D eigenvalue weighted by atomic mass is 10.1. The van der Waals surface area contributed by atoms with Crippen LogP contribution in [0.2, 0.25) is 0 Å². The molecule has 1 aliphatic rings. The molecule has 1 saturated heterocycles. The van der Waals surface area contributed by atoms with E-state index in [1.54, 1.807) is 6.07 Å². The largest absolute Gasteiger partial charge is 0.378 e. The number of nitrogens with one attached hydrogen (secondary N) is 2. The molecule has 0 radical (unpaired) electrons. The third kappa shape index (κ3) is 2.79. The van der Waals surface area contributed by atoms with Crippen LogP contribution in [0.3, 0.4) is 0 Å². The van der Waals surface area contributed by atoms with Crippen LogP contribution in [0, 0.1) is 24.0 Å². The quantitative estimate of drug-likeness (QED) is 0.635. The lowest BCUT2D eigenvalue weighted by Crippen LogP contribution is -2.29. The van der Waals surface area contributed by atoms with E-state index in [2.05, 4.69) is 10.6 Å². The number of anilines is 1. The number of benzene rings is 1. The summed E-state index contributed by atoms with van der Waals surface area (Å²) in [7, 11) is 0. The fraction of sp³-hybridized carbons (Fsp3) is 0.538. The minimum absolute atomic E-state index is 0.163.